The molecule has 0 spiro atoms. The molecule has 0 radical (unpaired) electrons. The van der Waals surface area contributed by atoms with Crippen molar-refractivity contribution in [2.24, 2.45) is 11.0 Å². The van der Waals surface area contributed by atoms with Crippen LogP contribution in [0.3, 0.4) is 0 Å². The number of likely N-dealkylation sites (N-methyl/N-ethyl adjacent to an activating group) is 1. The standard InChI is InChI=1S/C20H29N5O2S/c1-15(2)17-6-5-16(3)19(13-17)22-23-20-8-7-18(14-21-20)28(26,27)25-11-9-24(4)10-12-25/h5,7-8,14,17H,1,6,9-13H2,2-4H3,(H,21,23)/b22-19+/t17-/m0/s1. The molecule has 1 aromatic heterocycles. The fourth-order valence-electron chi connectivity index (χ4n) is 3.33. The van der Waals surface area contributed by atoms with E-state index in [1.807, 2.05) is 20.9 Å². The molecule has 3 rings (SSSR count). The highest BCUT2D eigenvalue weighted by Crippen LogP contribution is 2.26. The van der Waals surface area contributed by atoms with E-state index >= 15 is 0 Å². The Balaban J connectivity index is 1.68. The first-order chi connectivity index (χ1) is 13.3. The fourth-order valence-corrected chi connectivity index (χ4v) is 4.69. The zero-order chi connectivity index (χ0) is 20.3. The van der Waals surface area contributed by atoms with Crippen LogP contribution in [0.5, 0.6) is 0 Å². The van der Waals surface area contributed by atoms with Crippen LogP contribution >= 0.6 is 0 Å². The molecule has 7 nitrogen and oxygen atoms in total. The van der Waals surface area contributed by atoms with Crippen LogP contribution in [0.25, 0.3) is 0 Å². The molecule has 1 fully saturated rings. The van der Waals surface area contributed by atoms with Gasteiger partial charge in [-0.3, -0.25) is 5.43 Å². The minimum atomic E-state index is -3.50. The smallest absolute Gasteiger partial charge is 0.244 e. The van der Waals surface area contributed by atoms with Crippen LogP contribution in [0.2, 0.25) is 0 Å². The van der Waals surface area contributed by atoms with E-state index in [1.165, 1.54) is 10.5 Å². The summed E-state index contributed by atoms with van der Waals surface area (Å²) in [7, 11) is -1.51. The number of hydrazone groups is 1. The number of rotatable bonds is 5. The van der Waals surface area contributed by atoms with E-state index in [4.69, 9.17) is 0 Å². The number of pyridine rings is 1. The van der Waals surface area contributed by atoms with E-state index in [9.17, 15) is 8.42 Å². The highest BCUT2D eigenvalue weighted by Gasteiger charge is 2.27. The van der Waals surface area contributed by atoms with Gasteiger partial charge in [-0.25, -0.2) is 13.4 Å². The van der Waals surface area contributed by atoms with Crippen LogP contribution < -0.4 is 5.43 Å². The Morgan fingerprint density at radius 3 is 2.61 bits per heavy atom. The molecule has 8 heteroatoms. The molecule has 0 amide bonds. The number of anilines is 1. The maximum absolute atomic E-state index is 12.8. The summed E-state index contributed by atoms with van der Waals surface area (Å²) in [5.41, 5.74) is 6.25. The van der Waals surface area contributed by atoms with Crippen LogP contribution in [0, 0.1) is 5.92 Å². The van der Waals surface area contributed by atoms with Crippen molar-refractivity contribution in [3.05, 3.63) is 42.1 Å². The van der Waals surface area contributed by atoms with E-state index in [1.54, 1.807) is 12.1 Å². The van der Waals surface area contributed by atoms with Gasteiger partial charge in [0.05, 0.1) is 5.71 Å². The van der Waals surface area contributed by atoms with E-state index in [0.29, 0.717) is 24.8 Å². The van der Waals surface area contributed by atoms with Crippen molar-refractivity contribution in [2.45, 2.75) is 31.6 Å². The lowest BCUT2D eigenvalue weighted by atomic mass is 9.85. The summed E-state index contributed by atoms with van der Waals surface area (Å²) in [6.45, 7) is 10.6. The van der Waals surface area contributed by atoms with E-state index < -0.39 is 10.0 Å². The summed E-state index contributed by atoms with van der Waals surface area (Å²) in [6.07, 6.45) is 5.43. The average Bonchev–Trinajstić information content (AvgIpc) is 2.68. The van der Waals surface area contributed by atoms with Gasteiger partial charge in [0, 0.05) is 32.4 Å². The lowest BCUT2D eigenvalue weighted by Crippen LogP contribution is -2.47. The van der Waals surface area contributed by atoms with E-state index in [-0.39, 0.29) is 4.90 Å². The van der Waals surface area contributed by atoms with Crippen molar-refractivity contribution < 1.29 is 8.42 Å². The molecule has 152 valence electrons. The molecular weight excluding hydrogens is 374 g/mol. The molecule has 0 unspecified atom stereocenters. The van der Waals surface area contributed by atoms with Crippen molar-refractivity contribution in [1.82, 2.24) is 14.2 Å². The second-order valence-electron chi connectivity index (χ2n) is 7.63. The molecule has 28 heavy (non-hydrogen) atoms. The lowest BCUT2D eigenvalue weighted by Gasteiger charge is -2.31. The zero-order valence-electron chi connectivity index (χ0n) is 16.9. The van der Waals surface area contributed by atoms with Gasteiger partial charge in [-0.05, 0) is 57.4 Å². The number of hydrogen-bond acceptors (Lipinski definition) is 6. The van der Waals surface area contributed by atoms with Gasteiger partial charge in [0.1, 0.15) is 10.7 Å². The summed E-state index contributed by atoms with van der Waals surface area (Å²) in [4.78, 5) is 6.58. The largest absolute Gasteiger partial charge is 0.304 e. The lowest BCUT2D eigenvalue weighted by molar-refractivity contribution is 0.222. The molecule has 0 bridgehead atoms. The van der Waals surface area contributed by atoms with Crippen LogP contribution in [0.4, 0.5) is 5.82 Å². The number of hydrogen-bond donors (Lipinski definition) is 1. The number of sulfonamides is 1. The molecule has 1 aromatic rings. The number of aromatic nitrogens is 1. The highest BCUT2D eigenvalue weighted by atomic mass is 32.2. The number of nitrogens with one attached hydrogen (secondary N) is 1. The van der Waals surface area contributed by atoms with Crippen molar-refractivity contribution in [3.8, 4) is 0 Å². The fraction of sp³-hybridized carbons (Fsp3) is 0.500. The second-order valence-corrected chi connectivity index (χ2v) is 9.56. The Morgan fingerprint density at radius 1 is 1.29 bits per heavy atom. The van der Waals surface area contributed by atoms with E-state index in [0.717, 1.165) is 42.8 Å². The Bertz CT molecular complexity index is 882. The predicted octanol–water partition coefficient (Wildman–Crippen LogP) is 2.72. The number of allylic oxidation sites excluding steroid dienone is 3. The van der Waals surface area contributed by atoms with Crippen LogP contribution in [-0.4, -0.2) is 61.5 Å². The Hall–Kier alpha value is -2.03. The second kappa shape index (κ2) is 8.55. The zero-order valence-corrected chi connectivity index (χ0v) is 17.7. The normalized spacial score (nSPS) is 23.5. The first-order valence-corrected chi connectivity index (χ1v) is 11.0. The predicted molar refractivity (Wildman–Crippen MR) is 113 cm³/mol. The third kappa shape index (κ3) is 4.68. The Labute approximate surface area is 167 Å². The minimum Gasteiger partial charge on any atom is -0.304 e. The molecule has 2 aliphatic rings. The van der Waals surface area contributed by atoms with Gasteiger partial charge in [0.25, 0.3) is 0 Å². The molecule has 1 aliphatic carbocycles. The van der Waals surface area contributed by atoms with Crippen LogP contribution in [0.15, 0.2) is 52.1 Å². The number of nitrogens with zero attached hydrogens (tertiary/aromatic N) is 4. The van der Waals surface area contributed by atoms with Gasteiger partial charge in [-0.2, -0.15) is 9.41 Å². The first-order valence-electron chi connectivity index (χ1n) is 9.57. The number of piperazine rings is 1. The quantitative estimate of drug-likeness (QED) is 0.604. The van der Waals surface area contributed by atoms with Gasteiger partial charge in [-0.1, -0.05) is 18.2 Å². The van der Waals surface area contributed by atoms with Gasteiger partial charge < -0.3 is 4.90 Å². The third-order valence-corrected chi connectivity index (χ3v) is 7.32. The minimum absolute atomic E-state index is 0.214. The molecule has 0 aromatic carbocycles. The monoisotopic (exact) mass is 403 g/mol. The SMILES string of the molecule is C=C(C)[C@H]1CC=C(C)/C(=N/Nc2ccc(S(=O)(=O)N3CCN(C)CC3)cn2)C1. The first kappa shape index (κ1) is 20.7. The molecule has 1 N–H and O–H groups in total. The van der Waals surface area contributed by atoms with Crippen molar-refractivity contribution in [3.63, 3.8) is 0 Å². The maximum atomic E-state index is 12.8. The summed E-state index contributed by atoms with van der Waals surface area (Å²) in [5, 5.41) is 4.49. The van der Waals surface area contributed by atoms with Crippen molar-refractivity contribution in [2.75, 3.05) is 38.7 Å². The molecule has 2 heterocycles. The third-order valence-electron chi connectivity index (χ3n) is 5.44. The molecular formula is C20H29N5O2S. The van der Waals surface area contributed by atoms with Crippen molar-refractivity contribution in [1.29, 1.82) is 0 Å². The summed E-state index contributed by atoms with van der Waals surface area (Å²) >= 11 is 0. The average molecular weight is 404 g/mol. The maximum Gasteiger partial charge on any atom is 0.244 e. The molecule has 1 saturated heterocycles. The molecule has 0 saturated carbocycles. The Morgan fingerprint density at radius 2 is 2.00 bits per heavy atom. The van der Waals surface area contributed by atoms with Gasteiger partial charge in [0.2, 0.25) is 10.0 Å². The highest BCUT2D eigenvalue weighted by molar-refractivity contribution is 7.89. The summed E-state index contributed by atoms with van der Waals surface area (Å²) in [5.74, 6) is 0.934. The topological polar surface area (TPSA) is 77.9 Å². The summed E-state index contributed by atoms with van der Waals surface area (Å²) in [6, 6.07) is 3.24. The Kier molecular flexibility index (Phi) is 6.32. The van der Waals surface area contributed by atoms with Crippen LogP contribution in [0.1, 0.15) is 26.7 Å². The van der Waals surface area contributed by atoms with Crippen molar-refractivity contribution >= 4 is 21.6 Å². The molecule has 1 atom stereocenters. The van der Waals surface area contributed by atoms with E-state index in [2.05, 4.69) is 33.1 Å². The van der Waals surface area contributed by atoms with Crippen LogP contribution in [-0.2, 0) is 10.0 Å². The van der Waals surface area contributed by atoms with Gasteiger partial charge >= 0.3 is 0 Å². The summed E-state index contributed by atoms with van der Waals surface area (Å²) < 4.78 is 27.0. The molecule has 1 aliphatic heterocycles. The van der Waals surface area contributed by atoms with Gasteiger partial charge in [-0.15, -0.1) is 0 Å². The van der Waals surface area contributed by atoms with Gasteiger partial charge in [0.15, 0.2) is 0 Å².